The average Bonchev–Trinajstić information content (AvgIpc) is 2.99. The maximum atomic E-state index is 12.7. The number of esters is 1. The van der Waals surface area contributed by atoms with Crippen molar-refractivity contribution in [2.75, 3.05) is 18.5 Å². The molecule has 0 saturated carbocycles. The van der Waals surface area contributed by atoms with Crippen molar-refractivity contribution in [3.8, 4) is 11.8 Å². The lowest BCUT2D eigenvalue weighted by Crippen LogP contribution is -2.23. The van der Waals surface area contributed by atoms with Gasteiger partial charge in [-0.15, -0.1) is 11.3 Å². The average molecular weight is 334 g/mol. The number of anilines is 1. The molecule has 0 aliphatic rings. The lowest BCUT2D eigenvalue weighted by molar-refractivity contribution is -0.149. The summed E-state index contributed by atoms with van der Waals surface area (Å²) in [6.45, 7) is -0.893. The highest BCUT2D eigenvalue weighted by atomic mass is 32.1. The van der Waals surface area contributed by atoms with E-state index in [1.54, 1.807) is 11.4 Å². The van der Waals surface area contributed by atoms with Crippen LogP contribution < -0.4 is 10.1 Å². The fourth-order valence-electron chi connectivity index (χ4n) is 1.52. The zero-order valence-electron chi connectivity index (χ0n) is 11.7. The third-order valence-electron chi connectivity index (χ3n) is 2.57. The Morgan fingerprint density at radius 1 is 1.22 bits per heavy atom. The molecule has 0 unspecified atom stereocenters. The Morgan fingerprint density at radius 3 is 2.65 bits per heavy atom. The van der Waals surface area contributed by atoms with Crippen LogP contribution in [0.1, 0.15) is 5.56 Å². The first-order chi connectivity index (χ1) is 11.1. The minimum absolute atomic E-state index is 0.310. The van der Waals surface area contributed by atoms with Crippen molar-refractivity contribution in [3.05, 3.63) is 47.1 Å². The predicted molar refractivity (Wildman–Crippen MR) is 80.5 cm³/mol. The van der Waals surface area contributed by atoms with Gasteiger partial charge in [0.2, 0.25) is 0 Å². The van der Waals surface area contributed by atoms with Gasteiger partial charge in [0.05, 0.1) is 5.56 Å². The van der Waals surface area contributed by atoms with Crippen LogP contribution in [0.25, 0.3) is 0 Å². The number of rotatable bonds is 6. The SMILES string of the molecule is N#Cc1ccsc1NC(=O)COC(=O)COc1ccc(F)cc1. The van der Waals surface area contributed by atoms with Crippen molar-refractivity contribution in [1.82, 2.24) is 0 Å². The molecule has 0 atom stereocenters. The van der Waals surface area contributed by atoms with E-state index in [9.17, 15) is 14.0 Å². The van der Waals surface area contributed by atoms with E-state index in [-0.39, 0.29) is 0 Å². The highest BCUT2D eigenvalue weighted by Crippen LogP contribution is 2.21. The van der Waals surface area contributed by atoms with Crippen LogP contribution in [-0.2, 0) is 14.3 Å². The molecule has 1 N–H and O–H groups in total. The summed E-state index contributed by atoms with van der Waals surface area (Å²) in [5.74, 6) is -1.40. The van der Waals surface area contributed by atoms with E-state index < -0.39 is 30.9 Å². The van der Waals surface area contributed by atoms with Gasteiger partial charge in [-0.3, -0.25) is 4.79 Å². The van der Waals surface area contributed by atoms with Gasteiger partial charge in [0, 0.05) is 0 Å². The summed E-state index contributed by atoms with van der Waals surface area (Å²) >= 11 is 1.20. The van der Waals surface area contributed by atoms with Gasteiger partial charge in [-0.2, -0.15) is 5.26 Å². The predicted octanol–water partition coefficient (Wildman–Crippen LogP) is 2.32. The second-order valence-electron chi connectivity index (χ2n) is 4.23. The number of amides is 1. The van der Waals surface area contributed by atoms with Crippen LogP contribution in [0.4, 0.5) is 9.39 Å². The van der Waals surface area contributed by atoms with Gasteiger partial charge in [0.25, 0.3) is 5.91 Å². The zero-order valence-corrected chi connectivity index (χ0v) is 12.6. The lowest BCUT2D eigenvalue weighted by Gasteiger charge is -2.07. The summed E-state index contributed by atoms with van der Waals surface area (Å²) in [5.41, 5.74) is 0.342. The molecule has 23 heavy (non-hydrogen) atoms. The van der Waals surface area contributed by atoms with E-state index in [0.717, 1.165) is 0 Å². The highest BCUT2D eigenvalue weighted by Gasteiger charge is 2.11. The first-order valence-corrected chi connectivity index (χ1v) is 7.28. The van der Waals surface area contributed by atoms with Gasteiger partial charge in [-0.1, -0.05) is 0 Å². The quantitative estimate of drug-likeness (QED) is 0.819. The Morgan fingerprint density at radius 2 is 1.96 bits per heavy atom. The number of ether oxygens (including phenoxy) is 2. The summed E-state index contributed by atoms with van der Waals surface area (Å²) in [5, 5.41) is 13.4. The fourth-order valence-corrected chi connectivity index (χ4v) is 2.27. The van der Waals surface area contributed by atoms with Crippen molar-refractivity contribution < 1.29 is 23.5 Å². The van der Waals surface area contributed by atoms with Crippen LogP contribution in [-0.4, -0.2) is 25.1 Å². The van der Waals surface area contributed by atoms with Crippen LogP contribution in [0.5, 0.6) is 5.75 Å². The Bertz CT molecular complexity index is 737. The number of nitriles is 1. The van der Waals surface area contributed by atoms with Gasteiger partial charge in [0.15, 0.2) is 13.2 Å². The summed E-state index contributed by atoms with van der Waals surface area (Å²) in [7, 11) is 0. The van der Waals surface area contributed by atoms with Crippen LogP contribution in [0.15, 0.2) is 35.7 Å². The van der Waals surface area contributed by atoms with Crippen LogP contribution >= 0.6 is 11.3 Å². The Labute approximate surface area is 135 Å². The Balaban J connectivity index is 1.72. The minimum atomic E-state index is -0.740. The van der Waals surface area contributed by atoms with E-state index in [2.05, 4.69) is 5.32 Å². The molecule has 0 aliphatic heterocycles. The third-order valence-corrected chi connectivity index (χ3v) is 3.40. The van der Waals surface area contributed by atoms with Crippen molar-refractivity contribution in [2.24, 2.45) is 0 Å². The van der Waals surface area contributed by atoms with Gasteiger partial charge < -0.3 is 14.8 Å². The summed E-state index contributed by atoms with van der Waals surface area (Å²) in [4.78, 5) is 23.1. The molecule has 1 heterocycles. The molecular weight excluding hydrogens is 323 g/mol. The smallest absolute Gasteiger partial charge is 0.344 e. The van der Waals surface area contributed by atoms with Crippen LogP contribution in [0.3, 0.4) is 0 Å². The van der Waals surface area contributed by atoms with Gasteiger partial charge in [0.1, 0.15) is 22.6 Å². The molecule has 6 nitrogen and oxygen atoms in total. The molecule has 0 bridgehead atoms. The monoisotopic (exact) mass is 334 g/mol. The molecular formula is C15H11FN2O4S. The zero-order chi connectivity index (χ0) is 16.7. The lowest BCUT2D eigenvalue weighted by atomic mass is 10.3. The molecule has 2 aromatic rings. The molecule has 118 valence electrons. The van der Waals surface area contributed by atoms with Gasteiger partial charge >= 0.3 is 5.97 Å². The number of halogens is 1. The standard InChI is InChI=1S/C15H11FN2O4S/c16-11-1-3-12(4-2-11)21-9-14(20)22-8-13(19)18-15-10(7-17)5-6-23-15/h1-6H,8-9H2,(H,18,19). The molecule has 0 fully saturated rings. The number of nitrogens with zero attached hydrogens (tertiary/aromatic N) is 1. The van der Waals surface area contributed by atoms with Crippen molar-refractivity contribution in [2.45, 2.75) is 0 Å². The normalized spacial score (nSPS) is 9.74. The molecule has 1 aromatic carbocycles. The molecule has 0 saturated heterocycles. The van der Waals surface area contributed by atoms with Crippen molar-refractivity contribution >= 4 is 28.2 Å². The number of thiophene rings is 1. The molecule has 8 heteroatoms. The third kappa shape index (κ3) is 5.09. The van der Waals surface area contributed by atoms with Crippen molar-refractivity contribution in [3.63, 3.8) is 0 Å². The first kappa shape index (κ1) is 16.5. The second kappa shape index (κ2) is 7.91. The molecule has 0 spiro atoms. The number of nitrogens with one attached hydrogen (secondary N) is 1. The molecule has 0 radical (unpaired) electrons. The number of benzene rings is 1. The van der Waals surface area contributed by atoms with Crippen molar-refractivity contribution in [1.29, 1.82) is 5.26 Å². The molecule has 1 amide bonds. The Hall–Kier alpha value is -2.92. The number of carbonyl (C=O) groups is 2. The van der Waals surface area contributed by atoms with E-state index >= 15 is 0 Å². The minimum Gasteiger partial charge on any atom is -0.482 e. The number of hydrogen-bond donors (Lipinski definition) is 1. The summed E-state index contributed by atoms with van der Waals surface area (Å²) in [6, 6.07) is 8.64. The fraction of sp³-hybridized carbons (Fsp3) is 0.133. The van der Waals surface area contributed by atoms with E-state index in [4.69, 9.17) is 14.7 Å². The van der Waals surface area contributed by atoms with Crippen LogP contribution in [0.2, 0.25) is 0 Å². The highest BCUT2D eigenvalue weighted by molar-refractivity contribution is 7.14. The van der Waals surface area contributed by atoms with Gasteiger partial charge in [-0.25, -0.2) is 9.18 Å². The topological polar surface area (TPSA) is 88.4 Å². The summed E-state index contributed by atoms with van der Waals surface area (Å²) < 4.78 is 22.5. The second-order valence-corrected chi connectivity index (χ2v) is 5.14. The maximum Gasteiger partial charge on any atom is 0.344 e. The summed E-state index contributed by atoms with van der Waals surface area (Å²) in [6.07, 6.45) is 0. The molecule has 2 rings (SSSR count). The van der Waals surface area contributed by atoms with Gasteiger partial charge in [-0.05, 0) is 35.7 Å². The molecule has 1 aromatic heterocycles. The van der Waals surface area contributed by atoms with E-state index in [0.29, 0.717) is 16.3 Å². The molecule has 0 aliphatic carbocycles. The van der Waals surface area contributed by atoms with E-state index in [1.807, 2.05) is 6.07 Å². The first-order valence-electron chi connectivity index (χ1n) is 6.40. The van der Waals surface area contributed by atoms with E-state index in [1.165, 1.54) is 35.6 Å². The number of carbonyl (C=O) groups excluding carboxylic acids is 2. The Kier molecular flexibility index (Phi) is 5.66. The largest absolute Gasteiger partial charge is 0.482 e. The maximum absolute atomic E-state index is 12.7. The van der Waals surface area contributed by atoms with Crippen LogP contribution in [0, 0.1) is 17.1 Å². The number of hydrogen-bond acceptors (Lipinski definition) is 6.